The highest BCUT2D eigenvalue weighted by Crippen LogP contribution is 2.08. The van der Waals surface area contributed by atoms with Crippen molar-refractivity contribution in [2.45, 2.75) is 37.4 Å². The number of aliphatic hydroxyl groups excluding tert-OH is 6. The summed E-state index contributed by atoms with van der Waals surface area (Å²) in [7, 11) is 0. The number of hydrogen-bond acceptors (Lipinski definition) is 8. The molecule has 0 aromatic heterocycles. The van der Waals surface area contributed by atoms with Gasteiger partial charge in [0.15, 0.2) is 0 Å². The minimum absolute atomic E-state index is 0.560. The molecular formula is C9H18O8. The molecule has 5 atom stereocenters. The molecule has 0 heterocycles. The van der Waals surface area contributed by atoms with E-state index in [4.69, 9.17) is 10.2 Å². The first-order valence-electron chi connectivity index (χ1n) is 4.95. The van der Waals surface area contributed by atoms with E-state index in [0.717, 1.165) is 6.92 Å². The molecule has 0 fully saturated rings. The van der Waals surface area contributed by atoms with Crippen molar-refractivity contribution in [1.29, 1.82) is 0 Å². The van der Waals surface area contributed by atoms with E-state index in [1.807, 2.05) is 0 Å². The third-order valence-electron chi connectivity index (χ3n) is 2.13. The van der Waals surface area contributed by atoms with Gasteiger partial charge in [-0.3, -0.25) is 4.79 Å². The molecule has 0 radical (unpaired) electrons. The van der Waals surface area contributed by atoms with Crippen LogP contribution in [0.15, 0.2) is 0 Å². The molecule has 0 saturated heterocycles. The van der Waals surface area contributed by atoms with E-state index in [0.29, 0.717) is 0 Å². The molecule has 0 saturated carbocycles. The number of carbonyl (C=O) groups is 1. The maximum Gasteiger partial charge on any atom is 0.302 e. The minimum Gasteiger partial charge on any atom is -0.463 e. The van der Waals surface area contributed by atoms with Crippen LogP contribution < -0.4 is 0 Å². The molecule has 0 aliphatic carbocycles. The zero-order valence-electron chi connectivity index (χ0n) is 9.30. The average Bonchev–Trinajstić information content (AvgIpc) is 2.31. The lowest BCUT2D eigenvalue weighted by Crippen LogP contribution is -2.51. The predicted molar refractivity (Wildman–Crippen MR) is 53.8 cm³/mol. The number of hydrogen-bond donors (Lipinski definition) is 6. The number of ether oxygens (including phenoxy) is 1. The van der Waals surface area contributed by atoms with Crippen molar-refractivity contribution in [2.24, 2.45) is 0 Å². The molecule has 0 aliphatic rings. The highest BCUT2D eigenvalue weighted by Gasteiger charge is 2.34. The first-order chi connectivity index (χ1) is 7.81. The highest BCUT2D eigenvalue weighted by atomic mass is 16.5. The van der Waals surface area contributed by atoms with Gasteiger partial charge in [-0.25, -0.2) is 0 Å². The Bertz CT molecular complexity index is 233. The van der Waals surface area contributed by atoms with E-state index in [-0.39, 0.29) is 0 Å². The molecule has 8 heteroatoms. The van der Waals surface area contributed by atoms with Crippen LogP contribution in [0.4, 0.5) is 0 Å². The Morgan fingerprint density at radius 3 is 1.88 bits per heavy atom. The predicted octanol–water partition coefficient (Wildman–Crippen LogP) is -3.65. The maximum atomic E-state index is 10.4. The van der Waals surface area contributed by atoms with Crippen molar-refractivity contribution in [3.8, 4) is 0 Å². The van der Waals surface area contributed by atoms with Crippen molar-refractivity contribution >= 4 is 5.97 Å². The molecule has 0 amide bonds. The smallest absolute Gasteiger partial charge is 0.302 e. The Kier molecular flexibility index (Phi) is 7.19. The van der Waals surface area contributed by atoms with Gasteiger partial charge in [-0.1, -0.05) is 0 Å². The second-order valence-electron chi connectivity index (χ2n) is 3.59. The van der Waals surface area contributed by atoms with Crippen LogP contribution in [-0.2, 0) is 9.53 Å². The summed E-state index contributed by atoms with van der Waals surface area (Å²) >= 11 is 0. The number of rotatable bonds is 7. The Labute approximate surface area is 97.7 Å². The molecule has 0 aromatic rings. The topological polar surface area (TPSA) is 148 Å². The molecule has 0 aromatic carbocycles. The second kappa shape index (κ2) is 7.54. The van der Waals surface area contributed by atoms with Crippen LogP contribution in [0.25, 0.3) is 0 Å². The highest BCUT2D eigenvalue weighted by molar-refractivity contribution is 5.65. The van der Waals surface area contributed by atoms with E-state index < -0.39 is 49.7 Å². The fourth-order valence-electron chi connectivity index (χ4n) is 1.07. The monoisotopic (exact) mass is 254 g/mol. The van der Waals surface area contributed by atoms with Crippen LogP contribution >= 0.6 is 0 Å². The lowest BCUT2D eigenvalue weighted by molar-refractivity contribution is -0.160. The van der Waals surface area contributed by atoms with Crippen LogP contribution in [-0.4, -0.2) is 80.3 Å². The molecule has 0 aliphatic heterocycles. The summed E-state index contributed by atoms with van der Waals surface area (Å²) in [5.74, 6) is -0.679. The van der Waals surface area contributed by atoms with Crippen LogP contribution in [0.2, 0.25) is 0 Å². The largest absolute Gasteiger partial charge is 0.463 e. The molecule has 102 valence electrons. The van der Waals surface area contributed by atoms with Crippen LogP contribution in [0.5, 0.6) is 0 Å². The van der Waals surface area contributed by atoms with Gasteiger partial charge in [0.25, 0.3) is 0 Å². The van der Waals surface area contributed by atoms with E-state index in [1.165, 1.54) is 0 Å². The molecule has 0 bridgehead atoms. The number of esters is 1. The quantitative estimate of drug-likeness (QED) is 0.255. The van der Waals surface area contributed by atoms with Gasteiger partial charge < -0.3 is 35.4 Å². The van der Waals surface area contributed by atoms with Crippen molar-refractivity contribution in [3.63, 3.8) is 0 Å². The van der Waals surface area contributed by atoms with Crippen molar-refractivity contribution < 1.29 is 40.2 Å². The summed E-state index contributed by atoms with van der Waals surface area (Å²) in [6.07, 6.45) is -8.81. The zero-order chi connectivity index (χ0) is 13.6. The standard InChI is InChI=1S/C9H18O8/c1-4(11)17-3-6(13)8(15)9(16)7(14)5(12)2-10/h5-10,12-16H,2-3H2,1H3/t5-,6-,7-,8-,9-/m1/s1. The van der Waals surface area contributed by atoms with E-state index >= 15 is 0 Å². The Morgan fingerprint density at radius 2 is 1.47 bits per heavy atom. The molecular weight excluding hydrogens is 236 g/mol. The van der Waals surface area contributed by atoms with Gasteiger partial charge in [0.1, 0.15) is 37.1 Å². The van der Waals surface area contributed by atoms with Crippen molar-refractivity contribution in [1.82, 2.24) is 0 Å². The first kappa shape index (κ1) is 16.2. The van der Waals surface area contributed by atoms with Gasteiger partial charge in [0.2, 0.25) is 0 Å². The van der Waals surface area contributed by atoms with Gasteiger partial charge in [0, 0.05) is 6.92 Å². The van der Waals surface area contributed by atoms with Gasteiger partial charge in [-0.15, -0.1) is 0 Å². The summed E-state index contributed by atoms with van der Waals surface area (Å²) in [6, 6.07) is 0. The van der Waals surface area contributed by atoms with Crippen molar-refractivity contribution in [2.75, 3.05) is 13.2 Å². The van der Waals surface area contributed by atoms with Crippen LogP contribution in [0, 0.1) is 0 Å². The van der Waals surface area contributed by atoms with Gasteiger partial charge in [-0.05, 0) is 0 Å². The number of carbonyl (C=O) groups excluding carboxylic acids is 1. The fourth-order valence-corrected chi connectivity index (χ4v) is 1.07. The summed E-state index contributed by atoms with van der Waals surface area (Å²) in [6.45, 7) is -0.277. The summed E-state index contributed by atoms with van der Waals surface area (Å²) in [5, 5.41) is 54.8. The molecule has 6 N–H and O–H groups in total. The Hall–Kier alpha value is -0.770. The van der Waals surface area contributed by atoms with Crippen LogP contribution in [0.1, 0.15) is 6.92 Å². The lowest BCUT2D eigenvalue weighted by atomic mass is 10.00. The van der Waals surface area contributed by atoms with E-state index in [1.54, 1.807) is 0 Å². The molecule has 8 nitrogen and oxygen atoms in total. The minimum atomic E-state index is -1.89. The summed E-state index contributed by atoms with van der Waals surface area (Å²) in [5.41, 5.74) is 0. The molecule has 0 rings (SSSR count). The molecule has 0 spiro atoms. The van der Waals surface area contributed by atoms with Gasteiger partial charge in [-0.2, -0.15) is 0 Å². The lowest BCUT2D eigenvalue weighted by Gasteiger charge is -2.28. The normalized spacial score (nSPS) is 20.2. The Morgan fingerprint density at radius 1 is 1.00 bits per heavy atom. The maximum absolute atomic E-state index is 10.4. The third-order valence-corrected chi connectivity index (χ3v) is 2.13. The SMILES string of the molecule is CC(=O)OC[C@@H](O)[C@@H](O)[C@H](O)[C@H](O)[C@H](O)CO. The molecule has 17 heavy (non-hydrogen) atoms. The third kappa shape index (κ3) is 5.39. The van der Waals surface area contributed by atoms with Gasteiger partial charge in [0.05, 0.1) is 6.61 Å². The average molecular weight is 254 g/mol. The molecule has 0 unspecified atom stereocenters. The number of aliphatic hydroxyl groups is 6. The fraction of sp³-hybridized carbons (Fsp3) is 0.889. The van der Waals surface area contributed by atoms with Gasteiger partial charge >= 0.3 is 5.97 Å². The second-order valence-corrected chi connectivity index (χ2v) is 3.59. The summed E-state index contributed by atoms with van der Waals surface area (Å²) < 4.78 is 4.39. The Balaban J connectivity index is 4.27. The first-order valence-corrected chi connectivity index (χ1v) is 4.95. The van der Waals surface area contributed by atoms with Crippen LogP contribution in [0.3, 0.4) is 0 Å². The summed E-state index contributed by atoms with van der Waals surface area (Å²) in [4.78, 5) is 10.4. The van der Waals surface area contributed by atoms with Crippen molar-refractivity contribution in [3.05, 3.63) is 0 Å². The van der Waals surface area contributed by atoms with E-state index in [2.05, 4.69) is 4.74 Å². The van der Waals surface area contributed by atoms with E-state index in [9.17, 15) is 25.2 Å². The zero-order valence-corrected chi connectivity index (χ0v) is 9.30.